The molecule has 0 radical (unpaired) electrons. The third-order valence-electron chi connectivity index (χ3n) is 14.4. The highest BCUT2D eigenvalue weighted by Gasteiger charge is 2.55. The van der Waals surface area contributed by atoms with Crippen molar-refractivity contribution in [1.82, 2.24) is 35.2 Å². The monoisotopic (exact) mass is 991 g/mol. The predicted octanol–water partition coefficient (Wildman–Crippen LogP) is 5.91. The fraction of sp³-hybridized carbons (Fsp3) is 0.377. The third kappa shape index (κ3) is 10.1. The second-order valence-electron chi connectivity index (χ2n) is 20.2. The maximum absolute atomic E-state index is 12.0. The summed E-state index contributed by atoms with van der Waals surface area (Å²) in [6.45, 7) is 9.80. The minimum atomic E-state index is -1.07. The van der Waals surface area contributed by atoms with E-state index in [4.69, 9.17) is 4.74 Å². The topological polar surface area (TPSA) is 250 Å². The van der Waals surface area contributed by atoms with Gasteiger partial charge in [0.15, 0.2) is 0 Å². The molecule has 72 heavy (non-hydrogen) atoms. The summed E-state index contributed by atoms with van der Waals surface area (Å²) in [5, 5.41) is 32.1. The van der Waals surface area contributed by atoms with E-state index in [1.807, 2.05) is 66.9 Å². The minimum absolute atomic E-state index is 0.0803. The first-order valence-corrected chi connectivity index (χ1v) is 28.2. The van der Waals surface area contributed by atoms with Gasteiger partial charge in [0, 0.05) is 79.5 Å². The lowest BCUT2D eigenvalue weighted by atomic mass is 9.75. The molecule has 374 valence electrons. The fourth-order valence-electron chi connectivity index (χ4n) is 10.3. The molecule has 19 heteroatoms. The number of ether oxygens (including phenoxy) is 1. The molecule has 6 aromatic heterocycles. The van der Waals surface area contributed by atoms with E-state index in [9.17, 15) is 29.4 Å². The highest BCUT2D eigenvalue weighted by molar-refractivity contribution is 6.76. The van der Waals surface area contributed by atoms with Gasteiger partial charge in [0.1, 0.15) is 35.6 Å². The van der Waals surface area contributed by atoms with Crippen LogP contribution in [-0.4, -0.2) is 110 Å². The molecular weight excluding hydrogens is 931 g/mol. The average Bonchev–Trinajstić information content (AvgIpc) is 4.27. The molecule has 0 bridgehead atoms. The summed E-state index contributed by atoms with van der Waals surface area (Å²) in [6.07, 6.45) is 17.2. The molecule has 7 N–H and O–H groups in total. The number of aromatic amines is 1. The van der Waals surface area contributed by atoms with Crippen molar-refractivity contribution in [1.29, 1.82) is 0 Å². The van der Waals surface area contributed by atoms with Gasteiger partial charge < -0.3 is 41.2 Å². The summed E-state index contributed by atoms with van der Waals surface area (Å²) in [6, 6.07) is 22.3. The second-order valence-corrected chi connectivity index (χ2v) is 25.9. The first kappa shape index (κ1) is 49.9. The van der Waals surface area contributed by atoms with Gasteiger partial charge in [-0.05, 0) is 100 Å². The number of allylic oxidation sites excluding steroid dienone is 2. The van der Waals surface area contributed by atoms with Crippen LogP contribution in [0.4, 0.5) is 23.3 Å². The van der Waals surface area contributed by atoms with E-state index in [1.165, 1.54) is 0 Å². The van der Waals surface area contributed by atoms with Crippen LogP contribution in [0.5, 0.6) is 0 Å². The summed E-state index contributed by atoms with van der Waals surface area (Å²) < 4.78 is 5.62. The van der Waals surface area contributed by atoms with Crippen LogP contribution >= 0.6 is 0 Å². The Hall–Kier alpha value is -7.03. The molecule has 7 aliphatic rings. The number of hydrogen-bond donors (Lipinski definition) is 7. The number of hydrogen-bond acceptors (Lipinski definition) is 13. The number of nitrogens with one attached hydrogen (secondary N) is 5. The van der Waals surface area contributed by atoms with Crippen LogP contribution < -0.4 is 26.2 Å². The molecular formula is C53H61N11O7Si. The molecule has 4 amide bonds. The van der Waals surface area contributed by atoms with Crippen LogP contribution in [0.2, 0.25) is 25.7 Å². The number of pyridine rings is 5. The quantitative estimate of drug-likeness (QED) is 0.0604. The Morgan fingerprint density at radius 2 is 1.17 bits per heavy atom. The van der Waals surface area contributed by atoms with Gasteiger partial charge in [-0.15, -0.1) is 0 Å². The Labute approximate surface area is 418 Å². The van der Waals surface area contributed by atoms with E-state index in [0.717, 1.165) is 102 Å². The number of nitrogens with zero attached hydrogens (tertiary/aromatic N) is 6. The van der Waals surface area contributed by atoms with E-state index in [0.29, 0.717) is 19.0 Å². The van der Waals surface area contributed by atoms with E-state index < -0.39 is 25.7 Å². The van der Waals surface area contributed by atoms with Gasteiger partial charge in [-0.2, -0.15) is 0 Å². The zero-order valence-corrected chi connectivity index (χ0v) is 41.7. The normalized spacial score (nSPS) is 22.0. The van der Waals surface area contributed by atoms with Crippen LogP contribution in [-0.2, 0) is 46.6 Å². The summed E-state index contributed by atoms with van der Waals surface area (Å²) in [5.74, 6) is 2.93. The number of aromatic nitrogens is 6. The Morgan fingerprint density at radius 3 is 1.76 bits per heavy atom. The maximum atomic E-state index is 12.0. The van der Waals surface area contributed by atoms with Crippen molar-refractivity contribution >= 4 is 66.0 Å². The van der Waals surface area contributed by atoms with Crippen molar-refractivity contribution in [3.8, 4) is 0 Å². The lowest BCUT2D eigenvalue weighted by molar-refractivity contribution is -0.122. The molecule has 1 saturated carbocycles. The van der Waals surface area contributed by atoms with Crippen molar-refractivity contribution in [3.05, 3.63) is 138 Å². The Bertz CT molecular complexity index is 2940. The number of carbonyl (C=O) groups excluding carboxylic acids is 4. The number of fused-ring (bicyclic) bond motifs is 8. The first-order valence-electron chi connectivity index (χ1n) is 24.5. The summed E-state index contributed by atoms with van der Waals surface area (Å²) in [5.41, 5.74) is 3.43. The second kappa shape index (κ2) is 21.0. The lowest BCUT2D eigenvalue weighted by Crippen LogP contribution is -2.44. The van der Waals surface area contributed by atoms with Gasteiger partial charge in [0.05, 0.1) is 34.9 Å². The first-order chi connectivity index (χ1) is 34.7. The number of piperidine rings is 1. The molecule has 1 saturated heterocycles. The van der Waals surface area contributed by atoms with Gasteiger partial charge >= 0.3 is 0 Å². The smallest absolute Gasteiger partial charge is 0.236 e. The molecule has 2 atom stereocenters. The van der Waals surface area contributed by atoms with E-state index in [-0.39, 0.29) is 47.3 Å². The molecule has 13 rings (SSSR count). The van der Waals surface area contributed by atoms with Crippen LogP contribution in [0, 0.1) is 0 Å². The molecule has 2 fully saturated rings. The molecule has 11 heterocycles. The molecule has 6 aromatic rings. The lowest BCUT2D eigenvalue weighted by Gasteiger charge is -2.31. The van der Waals surface area contributed by atoms with E-state index in [2.05, 4.69) is 83.0 Å². The van der Waals surface area contributed by atoms with Gasteiger partial charge in [-0.25, -0.2) is 24.9 Å². The van der Waals surface area contributed by atoms with Crippen LogP contribution in [0.3, 0.4) is 0 Å². The van der Waals surface area contributed by atoms with Gasteiger partial charge in [-0.3, -0.25) is 24.1 Å². The van der Waals surface area contributed by atoms with Crippen molar-refractivity contribution in [3.63, 3.8) is 0 Å². The molecule has 2 unspecified atom stereocenters. The summed E-state index contributed by atoms with van der Waals surface area (Å²) in [4.78, 5) is 73.1. The predicted molar refractivity (Wildman–Crippen MR) is 276 cm³/mol. The van der Waals surface area contributed by atoms with Crippen molar-refractivity contribution in [2.75, 3.05) is 47.3 Å². The average molecular weight is 992 g/mol. The minimum Gasteiger partial charge on any atom is -0.390 e. The standard InChI is InChI=1S/C13H20N2O2Si.C11H13N3O.C11H12N2O3.C11H10N2O.C7H6N2/c1-18(2,3)8-7-17-10-15-12(16)9-11-5-4-6-14-13(11)15;15-10-11(3-6-12-7-4-11)8-2-1-5-13-9(8)14-10;14-7-4-11(5-8(7)15)6-2-1-3-12-9(6)13-10(11)16;14-10-11(5-1-2-6-11)8-4-3-7-12-9(8)13-10;1-2-6-3-5-9-7(6)8-4-1/h4-6H,7-10H2,1-3H3;1-2,5,12H,3-4,6-7H2,(H,13,14,15);1-3,7-8,14-15H,4-5H2,(H,12,13,16);1-4,7H,5-6H2,(H,12,13,14);1-5H,(H,8,9). The molecule has 0 aromatic carbocycles. The van der Waals surface area contributed by atoms with Crippen molar-refractivity contribution < 1.29 is 34.1 Å². The van der Waals surface area contributed by atoms with E-state index in [1.54, 1.807) is 42.0 Å². The van der Waals surface area contributed by atoms with Crippen LogP contribution in [0.15, 0.2) is 116 Å². The molecule has 3 spiro atoms. The van der Waals surface area contributed by atoms with Crippen molar-refractivity contribution in [2.24, 2.45) is 0 Å². The van der Waals surface area contributed by atoms with Crippen LogP contribution in [0.25, 0.3) is 11.0 Å². The number of carbonyl (C=O) groups is 4. The molecule has 5 aliphatic heterocycles. The number of H-pyrrole nitrogens is 1. The third-order valence-corrected chi connectivity index (χ3v) is 16.1. The highest BCUT2D eigenvalue weighted by Crippen LogP contribution is 2.48. The van der Waals surface area contributed by atoms with Gasteiger partial charge in [0.25, 0.3) is 0 Å². The van der Waals surface area contributed by atoms with Gasteiger partial charge in [0.2, 0.25) is 23.6 Å². The van der Waals surface area contributed by atoms with Crippen molar-refractivity contribution in [2.45, 2.75) is 99.1 Å². The Balaban J connectivity index is 0.000000112. The van der Waals surface area contributed by atoms with Crippen LogP contribution in [0.1, 0.15) is 60.8 Å². The Morgan fingerprint density at radius 1 is 0.653 bits per heavy atom. The van der Waals surface area contributed by atoms with E-state index >= 15 is 0 Å². The largest absolute Gasteiger partial charge is 0.390 e. The molecule has 2 aliphatic carbocycles. The molecule has 18 nitrogen and oxygen atoms in total. The fourth-order valence-corrected chi connectivity index (χ4v) is 11.1. The maximum Gasteiger partial charge on any atom is 0.236 e. The zero-order valence-electron chi connectivity index (χ0n) is 40.7. The number of aliphatic hydroxyl groups excluding tert-OH is 2. The SMILES string of the molecule is C[Si](C)(C)CCOCN1C(=O)Cc2cccnc21.O=C1Nc2ncccc2C12CC(O)C(O)C2.O=C1Nc2ncccc2C12CC=CC2.O=C1Nc2ncccc2C12CCNCC2.c1cnc2[nH]ccc2c1. The number of amides is 4. The van der Waals surface area contributed by atoms with Gasteiger partial charge in [-0.1, -0.05) is 56.1 Å². The number of rotatable bonds is 5. The highest BCUT2D eigenvalue weighted by atomic mass is 28.3. The zero-order chi connectivity index (χ0) is 50.5. The number of aliphatic hydroxyl groups is 2. The Kier molecular flexibility index (Phi) is 14.5. The summed E-state index contributed by atoms with van der Waals surface area (Å²) in [7, 11) is -1.07. The summed E-state index contributed by atoms with van der Waals surface area (Å²) >= 11 is 0. The number of anilines is 4.